The summed E-state index contributed by atoms with van der Waals surface area (Å²) >= 11 is 0. The normalized spacial score (nSPS) is 22.4. The van der Waals surface area contributed by atoms with Crippen molar-refractivity contribution in [3.8, 4) is 0 Å². The molecule has 140 valence electrons. The van der Waals surface area contributed by atoms with Gasteiger partial charge in [0.1, 0.15) is 5.82 Å². The molecule has 1 amide bonds. The zero-order valence-corrected chi connectivity index (χ0v) is 15.2. The van der Waals surface area contributed by atoms with Gasteiger partial charge in [-0.25, -0.2) is 4.98 Å². The molecule has 1 N–H and O–H groups in total. The number of aromatic nitrogens is 2. The quantitative estimate of drug-likeness (QED) is 0.758. The van der Waals surface area contributed by atoms with Gasteiger partial charge in [-0.1, -0.05) is 0 Å². The van der Waals surface area contributed by atoms with Crippen LogP contribution in [0.4, 0.5) is 0 Å². The Morgan fingerprint density at radius 3 is 2.96 bits per heavy atom. The van der Waals surface area contributed by atoms with E-state index in [2.05, 4.69) is 19.8 Å². The van der Waals surface area contributed by atoms with Crippen molar-refractivity contribution >= 4 is 5.91 Å². The summed E-state index contributed by atoms with van der Waals surface area (Å²) in [4.78, 5) is 18.9. The number of amides is 1. The second-order valence-electron chi connectivity index (χ2n) is 6.96. The van der Waals surface area contributed by atoms with E-state index in [4.69, 9.17) is 9.47 Å². The van der Waals surface area contributed by atoms with Gasteiger partial charge < -0.3 is 19.4 Å². The van der Waals surface area contributed by atoms with Crippen LogP contribution in [0.15, 0.2) is 12.4 Å². The zero-order chi connectivity index (χ0) is 17.5. The molecule has 1 aromatic rings. The van der Waals surface area contributed by atoms with Gasteiger partial charge in [0.05, 0.1) is 19.3 Å². The second kappa shape index (κ2) is 9.31. The number of carbonyl (C=O) groups excluding carboxylic acids is 1. The molecule has 1 atom stereocenters. The molecule has 0 radical (unpaired) electrons. The molecule has 0 spiro atoms. The van der Waals surface area contributed by atoms with E-state index in [0.29, 0.717) is 25.6 Å². The number of imidazole rings is 1. The fraction of sp³-hybridized carbons (Fsp3) is 0.778. The summed E-state index contributed by atoms with van der Waals surface area (Å²) < 4.78 is 12.9. The van der Waals surface area contributed by atoms with Crippen LogP contribution in [0, 0.1) is 0 Å². The molecule has 1 aromatic heterocycles. The average molecular weight is 350 g/mol. The largest absolute Gasteiger partial charge is 0.383 e. The highest BCUT2D eigenvalue weighted by Crippen LogP contribution is 2.26. The minimum atomic E-state index is 0.107. The van der Waals surface area contributed by atoms with Crippen LogP contribution in [-0.2, 0) is 20.8 Å². The Morgan fingerprint density at radius 1 is 1.40 bits per heavy atom. The van der Waals surface area contributed by atoms with E-state index in [9.17, 15) is 4.79 Å². The highest BCUT2D eigenvalue weighted by Gasteiger charge is 2.25. The number of carbonyl (C=O) groups is 1. The Balaban J connectivity index is 1.39. The molecule has 2 saturated heterocycles. The lowest BCUT2D eigenvalue weighted by Crippen LogP contribution is -2.43. The van der Waals surface area contributed by atoms with Crippen molar-refractivity contribution in [1.29, 1.82) is 0 Å². The third-order valence-corrected chi connectivity index (χ3v) is 5.15. The van der Waals surface area contributed by atoms with E-state index in [1.54, 1.807) is 7.11 Å². The predicted octanol–water partition coefficient (Wildman–Crippen LogP) is 1.00. The third kappa shape index (κ3) is 5.26. The van der Waals surface area contributed by atoms with Gasteiger partial charge in [-0.2, -0.15) is 0 Å². The monoisotopic (exact) mass is 350 g/mol. The van der Waals surface area contributed by atoms with Gasteiger partial charge in [-0.05, 0) is 38.8 Å². The molecule has 3 heterocycles. The molecule has 0 aliphatic carbocycles. The number of hydrogen-bond acceptors (Lipinski definition) is 5. The molecule has 0 bridgehead atoms. The Labute approximate surface area is 149 Å². The summed E-state index contributed by atoms with van der Waals surface area (Å²) in [6, 6.07) is 0. The molecule has 25 heavy (non-hydrogen) atoms. The highest BCUT2D eigenvalue weighted by molar-refractivity contribution is 5.78. The third-order valence-electron chi connectivity index (χ3n) is 5.15. The molecule has 0 saturated carbocycles. The first kappa shape index (κ1) is 18.4. The maximum absolute atomic E-state index is 12.1. The number of methoxy groups -OCH3 is 1. The summed E-state index contributed by atoms with van der Waals surface area (Å²) in [7, 11) is 1.72. The maximum atomic E-state index is 12.1. The van der Waals surface area contributed by atoms with Crippen LogP contribution in [0.25, 0.3) is 0 Å². The molecule has 2 aliphatic rings. The first-order valence-electron chi connectivity index (χ1n) is 9.37. The van der Waals surface area contributed by atoms with Gasteiger partial charge in [-0.3, -0.25) is 9.69 Å². The lowest BCUT2D eigenvalue weighted by atomic mass is 9.96. The van der Waals surface area contributed by atoms with Gasteiger partial charge in [0, 0.05) is 45.1 Å². The van der Waals surface area contributed by atoms with E-state index in [0.717, 1.165) is 57.7 Å². The number of likely N-dealkylation sites (tertiary alicyclic amines) is 1. The maximum Gasteiger partial charge on any atom is 0.234 e. The first-order valence-corrected chi connectivity index (χ1v) is 9.37. The molecule has 3 rings (SSSR count). The SMILES string of the molecule is COCCn1ccnc1C1CCN(CC(=O)NC[C@@H]2CCCO2)CC1. The minimum absolute atomic E-state index is 0.107. The van der Waals surface area contributed by atoms with Crippen LogP contribution in [-0.4, -0.2) is 73.0 Å². The molecule has 7 heteroatoms. The van der Waals surface area contributed by atoms with Gasteiger partial charge >= 0.3 is 0 Å². The van der Waals surface area contributed by atoms with Crippen molar-refractivity contribution in [2.45, 2.75) is 44.2 Å². The summed E-state index contributed by atoms with van der Waals surface area (Å²) in [5.74, 6) is 1.73. The van der Waals surface area contributed by atoms with Crippen molar-refractivity contribution in [3.05, 3.63) is 18.2 Å². The average Bonchev–Trinajstić information content (AvgIpc) is 3.30. The summed E-state index contributed by atoms with van der Waals surface area (Å²) in [6.45, 7) is 5.38. The smallest absolute Gasteiger partial charge is 0.234 e. The van der Waals surface area contributed by atoms with Crippen molar-refractivity contribution in [3.63, 3.8) is 0 Å². The summed E-state index contributed by atoms with van der Waals surface area (Å²) in [6.07, 6.45) is 8.36. The Hall–Kier alpha value is -1.44. The molecule has 2 aliphatic heterocycles. The Kier molecular flexibility index (Phi) is 6.84. The Morgan fingerprint density at radius 2 is 2.24 bits per heavy atom. The fourth-order valence-corrected chi connectivity index (χ4v) is 3.70. The molecule has 2 fully saturated rings. The van der Waals surface area contributed by atoms with Crippen molar-refractivity contribution < 1.29 is 14.3 Å². The first-order chi connectivity index (χ1) is 12.3. The molecular weight excluding hydrogens is 320 g/mol. The van der Waals surface area contributed by atoms with E-state index in [1.165, 1.54) is 0 Å². The summed E-state index contributed by atoms with van der Waals surface area (Å²) in [5, 5.41) is 3.01. The predicted molar refractivity (Wildman–Crippen MR) is 94.5 cm³/mol. The minimum Gasteiger partial charge on any atom is -0.383 e. The van der Waals surface area contributed by atoms with Gasteiger partial charge in [0.25, 0.3) is 0 Å². The molecule has 7 nitrogen and oxygen atoms in total. The number of rotatable bonds is 8. The highest BCUT2D eigenvalue weighted by atomic mass is 16.5. The van der Waals surface area contributed by atoms with Gasteiger partial charge in [0.15, 0.2) is 0 Å². The van der Waals surface area contributed by atoms with E-state index in [-0.39, 0.29) is 12.0 Å². The van der Waals surface area contributed by atoms with E-state index < -0.39 is 0 Å². The van der Waals surface area contributed by atoms with Gasteiger partial charge in [0.2, 0.25) is 5.91 Å². The topological polar surface area (TPSA) is 68.6 Å². The molecule has 0 unspecified atom stereocenters. The van der Waals surface area contributed by atoms with Crippen LogP contribution in [0.5, 0.6) is 0 Å². The van der Waals surface area contributed by atoms with Crippen molar-refractivity contribution in [1.82, 2.24) is 19.8 Å². The Bertz CT molecular complexity index is 534. The van der Waals surface area contributed by atoms with Crippen molar-refractivity contribution in [2.24, 2.45) is 0 Å². The number of hydrogen-bond donors (Lipinski definition) is 1. The van der Waals surface area contributed by atoms with Crippen LogP contribution in [0.2, 0.25) is 0 Å². The van der Waals surface area contributed by atoms with Crippen molar-refractivity contribution in [2.75, 3.05) is 46.5 Å². The zero-order valence-electron chi connectivity index (χ0n) is 15.2. The summed E-state index contributed by atoms with van der Waals surface area (Å²) in [5.41, 5.74) is 0. The van der Waals surface area contributed by atoms with E-state index >= 15 is 0 Å². The van der Waals surface area contributed by atoms with Crippen LogP contribution >= 0.6 is 0 Å². The van der Waals surface area contributed by atoms with Crippen LogP contribution < -0.4 is 5.32 Å². The number of ether oxygens (including phenoxy) is 2. The lowest BCUT2D eigenvalue weighted by Gasteiger charge is -2.31. The van der Waals surface area contributed by atoms with E-state index in [1.807, 2.05) is 12.4 Å². The standard InChI is InChI=1S/C18H30N4O3/c1-24-12-10-22-9-6-19-18(22)15-4-7-21(8-5-15)14-17(23)20-13-16-3-2-11-25-16/h6,9,15-16H,2-5,7-8,10-14H2,1H3,(H,20,23)/t16-/m0/s1. The number of nitrogens with zero attached hydrogens (tertiary/aromatic N) is 3. The molecular formula is C18H30N4O3. The second-order valence-corrected chi connectivity index (χ2v) is 6.96. The molecule has 0 aromatic carbocycles. The van der Waals surface area contributed by atoms with Crippen LogP contribution in [0.3, 0.4) is 0 Å². The lowest BCUT2D eigenvalue weighted by molar-refractivity contribution is -0.123. The number of nitrogens with one attached hydrogen (secondary N) is 1. The van der Waals surface area contributed by atoms with Gasteiger partial charge in [-0.15, -0.1) is 0 Å². The fourth-order valence-electron chi connectivity index (χ4n) is 3.70. The number of piperidine rings is 1. The van der Waals surface area contributed by atoms with Crippen LogP contribution in [0.1, 0.15) is 37.4 Å².